The normalized spacial score (nSPS) is 47.2. The average Bonchev–Trinajstić information content (AvgIpc) is 2.64. The molecular weight excluding hydrogens is 276 g/mol. The second-order valence-electron chi connectivity index (χ2n) is 6.62. The van der Waals surface area contributed by atoms with Crippen LogP contribution in [0.25, 0.3) is 0 Å². The Morgan fingerprint density at radius 2 is 1.95 bits per heavy atom. The van der Waals surface area contributed by atoms with Gasteiger partial charge in [-0.25, -0.2) is 4.79 Å². The highest BCUT2D eigenvalue weighted by Crippen LogP contribution is 2.43. The molecule has 3 aliphatic rings. The molecule has 0 spiro atoms. The highest BCUT2D eigenvalue weighted by Gasteiger charge is 2.53. The van der Waals surface area contributed by atoms with E-state index in [0.29, 0.717) is 6.42 Å². The van der Waals surface area contributed by atoms with Crippen molar-refractivity contribution in [3.8, 4) is 0 Å². The van der Waals surface area contributed by atoms with Crippen molar-refractivity contribution in [1.82, 2.24) is 0 Å². The highest BCUT2D eigenvalue weighted by molar-refractivity contribution is 5.61. The Labute approximate surface area is 125 Å². The summed E-state index contributed by atoms with van der Waals surface area (Å²) >= 11 is 0. The van der Waals surface area contributed by atoms with Gasteiger partial charge in [-0.2, -0.15) is 0 Å². The third-order valence-electron chi connectivity index (χ3n) is 5.04. The van der Waals surface area contributed by atoms with Gasteiger partial charge in [-0.1, -0.05) is 0 Å². The van der Waals surface area contributed by atoms with Gasteiger partial charge in [0.1, 0.15) is 18.3 Å². The fourth-order valence-electron chi connectivity index (χ4n) is 3.58. The Bertz CT molecular complexity index is 413. The number of rotatable bonds is 1. The zero-order chi connectivity index (χ0) is 15.1. The van der Waals surface area contributed by atoms with Gasteiger partial charge in [0.2, 0.25) is 0 Å². The molecule has 3 rings (SSSR count). The van der Waals surface area contributed by atoms with Gasteiger partial charge in [-0.3, -0.25) is 0 Å². The minimum atomic E-state index is -0.642. The summed E-state index contributed by atoms with van der Waals surface area (Å²) in [6.07, 6.45) is 3.11. The monoisotopic (exact) mass is 300 g/mol. The van der Waals surface area contributed by atoms with Crippen LogP contribution in [-0.4, -0.2) is 49.6 Å². The topological polar surface area (TPSA) is 63.2 Å². The van der Waals surface area contributed by atoms with E-state index in [4.69, 9.17) is 23.7 Å². The molecule has 0 aliphatic carbocycles. The first kappa shape index (κ1) is 15.1. The molecule has 0 aromatic carbocycles. The van der Waals surface area contributed by atoms with Crippen molar-refractivity contribution in [2.24, 2.45) is 0 Å². The van der Waals surface area contributed by atoms with Crippen LogP contribution in [0.1, 0.15) is 46.0 Å². The van der Waals surface area contributed by atoms with Crippen LogP contribution in [0.15, 0.2) is 0 Å². The Hall–Kier alpha value is -0.850. The molecule has 0 bridgehead atoms. The molecular formula is C15H24O6. The molecule has 0 radical (unpaired) electrons. The lowest BCUT2D eigenvalue weighted by Gasteiger charge is -2.41. The molecule has 3 saturated heterocycles. The van der Waals surface area contributed by atoms with Gasteiger partial charge in [-0.15, -0.1) is 0 Å². The van der Waals surface area contributed by atoms with Gasteiger partial charge in [0.15, 0.2) is 6.29 Å². The fourth-order valence-corrected chi connectivity index (χ4v) is 3.58. The Morgan fingerprint density at radius 1 is 1.14 bits per heavy atom. The minimum absolute atomic E-state index is 0.0638. The van der Waals surface area contributed by atoms with E-state index >= 15 is 0 Å². The molecule has 0 amide bonds. The first-order valence-electron chi connectivity index (χ1n) is 7.67. The zero-order valence-corrected chi connectivity index (χ0v) is 12.9. The van der Waals surface area contributed by atoms with Gasteiger partial charge < -0.3 is 23.7 Å². The maximum absolute atomic E-state index is 11.4. The summed E-state index contributed by atoms with van der Waals surface area (Å²) in [5.74, 6) is 0. The predicted octanol–water partition coefficient (Wildman–Crippen LogP) is 2.39. The maximum atomic E-state index is 11.4. The Balaban J connectivity index is 1.83. The standard InChI is InChI=1S/C15H24O6/c1-14-7-4-5-12(17-3)19-10(14)6-8-15(2)11(20-14)9-18-13(16)21-15/h10-12H,4-9H2,1-3H3/t10-,11+,12?,14+,15-/m1/s1. The molecule has 6 nitrogen and oxygen atoms in total. The van der Waals surface area contributed by atoms with Crippen molar-refractivity contribution in [2.75, 3.05) is 13.7 Å². The SMILES string of the molecule is COC1CCC[C@]2(C)O[C@H]3COC(=O)O[C@]3(C)CC[C@H]2O1. The molecule has 3 heterocycles. The summed E-state index contributed by atoms with van der Waals surface area (Å²) in [6, 6.07) is 0. The van der Waals surface area contributed by atoms with E-state index < -0.39 is 17.4 Å². The summed E-state index contributed by atoms with van der Waals surface area (Å²) in [5.41, 5.74) is -1.04. The van der Waals surface area contributed by atoms with Crippen molar-refractivity contribution in [1.29, 1.82) is 0 Å². The van der Waals surface area contributed by atoms with E-state index in [-0.39, 0.29) is 25.1 Å². The first-order valence-corrected chi connectivity index (χ1v) is 7.67. The zero-order valence-electron chi connectivity index (χ0n) is 12.9. The van der Waals surface area contributed by atoms with Crippen LogP contribution in [0.5, 0.6) is 0 Å². The van der Waals surface area contributed by atoms with Crippen LogP contribution in [-0.2, 0) is 23.7 Å². The molecule has 120 valence electrons. The molecule has 1 unspecified atom stereocenters. The van der Waals surface area contributed by atoms with Crippen molar-refractivity contribution < 1.29 is 28.5 Å². The molecule has 5 atom stereocenters. The van der Waals surface area contributed by atoms with Gasteiger partial charge in [-0.05, 0) is 46.0 Å². The fraction of sp³-hybridized carbons (Fsp3) is 0.933. The van der Waals surface area contributed by atoms with E-state index in [2.05, 4.69) is 6.92 Å². The number of ether oxygens (including phenoxy) is 5. The van der Waals surface area contributed by atoms with Crippen molar-refractivity contribution in [3.05, 3.63) is 0 Å². The van der Waals surface area contributed by atoms with E-state index in [1.54, 1.807) is 7.11 Å². The lowest BCUT2D eigenvalue weighted by atomic mass is 9.89. The molecule has 21 heavy (non-hydrogen) atoms. The molecule has 3 fully saturated rings. The van der Waals surface area contributed by atoms with Gasteiger partial charge in [0.05, 0.1) is 11.7 Å². The van der Waals surface area contributed by atoms with Gasteiger partial charge in [0, 0.05) is 7.11 Å². The van der Waals surface area contributed by atoms with Gasteiger partial charge >= 0.3 is 6.16 Å². The van der Waals surface area contributed by atoms with Crippen molar-refractivity contribution >= 4 is 6.16 Å². The molecule has 0 aromatic rings. The number of fused-ring (bicyclic) bond motifs is 2. The molecule has 6 heteroatoms. The summed E-state index contributed by atoms with van der Waals surface area (Å²) < 4.78 is 28.3. The minimum Gasteiger partial charge on any atom is -0.431 e. The van der Waals surface area contributed by atoms with Crippen LogP contribution in [0, 0.1) is 0 Å². The summed E-state index contributed by atoms with van der Waals surface area (Å²) in [5, 5.41) is 0. The van der Waals surface area contributed by atoms with Crippen molar-refractivity contribution in [2.45, 2.75) is 75.7 Å². The number of methoxy groups -OCH3 is 1. The largest absolute Gasteiger partial charge is 0.509 e. The first-order chi connectivity index (χ1) is 9.95. The van der Waals surface area contributed by atoms with E-state index in [9.17, 15) is 4.79 Å². The van der Waals surface area contributed by atoms with E-state index in [0.717, 1.165) is 25.7 Å². The van der Waals surface area contributed by atoms with Crippen LogP contribution in [0.2, 0.25) is 0 Å². The second-order valence-corrected chi connectivity index (χ2v) is 6.62. The third-order valence-corrected chi connectivity index (χ3v) is 5.04. The Kier molecular flexibility index (Phi) is 3.88. The number of carbonyl (C=O) groups excluding carboxylic acids is 1. The summed E-state index contributed by atoms with van der Waals surface area (Å²) in [4.78, 5) is 11.4. The number of carbonyl (C=O) groups is 1. The van der Waals surface area contributed by atoms with Crippen molar-refractivity contribution in [3.63, 3.8) is 0 Å². The van der Waals surface area contributed by atoms with Crippen LogP contribution in [0.3, 0.4) is 0 Å². The van der Waals surface area contributed by atoms with Crippen LogP contribution < -0.4 is 0 Å². The number of cyclic esters (lactones) is 1. The maximum Gasteiger partial charge on any atom is 0.509 e. The smallest absolute Gasteiger partial charge is 0.431 e. The number of hydrogen-bond acceptors (Lipinski definition) is 6. The molecule has 0 N–H and O–H groups in total. The molecule has 0 saturated carbocycles. The van der Waals surface area contributed by atoms with Crippen LogP contribution in [0.4, 0.5) is 4.79 Å². The van der Waals surface area contributed by atoms with E-state index in [1.807, 2.05) is 6.92 Å². The van der Waals surface area contributed by atoms with Gasteiger partial charge in [0.25, 0.3) is 0 Å². The lowest BCUT2D eigenvalue weighted by Crippen LogP contribution is -2.54. The summed E-state index contributed by atoms with van der Waals surface area (Å²) in [6.45, 7) is 4.24. The lowest BCUT2D eigenvalue weighted by molar-refractivity contribution is -0.236. The van der Waals surface area contributed by atoms with Crippen LogP contribution >= 0.6 is 0 Å². The Morgan fingerprint density at radius 3 is 2.71 bits per heavy atom. The molecule has 3 aliphatic heterocycles. The average molecular weight is 300 g/mol. The second kappa shape index (κ2) is 5.41. The number of hydrogen-bond donors (Lipinski definition) is 0. The predicted molar refractivity (Wildman–Crippen MR) is 72.9 cm³/mol. The van der Waals surface area contributed by atoms with E-state index in [1.165, 1.54) is 0 Å². The third kappa shape index (κ3) is 2.76. The highest BCUT2D eigenvalue weighted by atomic mass is 16.8. The quantitative estimate of drug-likeness (QED) is 0.693. The molecule has 0 aromatic heterocycles. The summed E-state index contributed by atoms with van der Waals surface area (Å²) in [7, 11) is 1.67.